The number of aromatic nitrogens is 4. The predicted molar refractivity (Wildman–Crippen MR) is 165 cm³/mol. The van der Waals surface area contributed by atoms with E-state index in [9.17, 15) is 14.0 Å². The molecule has 6 rings (SSSR count). The van der Waals surface area contributed by atoms with Gasteiger partial charge in [-0.25, -0.2) is 14.2 Å². The zero-order valence-electron chi connectivity index (χ0n) is 24.3. The largest absolute Gasteiger partial charge is 0.385 e. The average Bonchev–Trinajstić information content (AvgIpc) is 3.55. The van der Waals surface area contributed by atoms with Gasteiger partial charge in [-0.05, 0) is 67.6 Å². The highest BCUT2D eigenvalue weighted by Gasteiger charge is 2.29. The van der Waals surface area contributed by atoms with Crippen LogP contribution in [0.25, 0.3) is 27.8 Å². The van der Waals surface area contributed by atoms with Gasteiger partial charge in [-0.15, -0.1) is 0 Å². The number of likely N-dealkylation sites (tertiary alicyclic amines) is 1. The van der Waals surface area contributed by atoms with Crippen molar-refractivity contribution in [1.82, 2.24) is 24.0 Å². The van der Waals surface area contributed by atoms with Gasteiger partial charge in [-0.2, -0.15) is 0 Å². The van der Waals surface area contributed by atoms with E-state index in [-0.39, 0.29) is 29.8 Å². The van der Waals surface area contributed by atoms with Crippen LogP contribution in [0, 0.1) is 5.82 Å². The molecule has 2 atom stereocenters. The summed E-state index contributed by atoms with van der Waals surface area (Å²) in [7, 11) is 1.72. The van der Waals surface area contributed by atoms with Gasteiger partial charge in [0, 0.05) is 51.7 Å². The quantitative estimate of drug-likeness (QED) is 0.235. The molecule has 0 aliphatic carbocycles. The van der Waals surface area contributed by atoms with Crippen molar-refractivity contribution in [1.29, 1.82) is 0 Å². The third-order valence-corrected chi connectivity index (χ3v) is 8.34. The van der Waals surface area contributed by atoms with Crippen LogP contribution >= 0.6 is 0 Å². The molecular formula is C33H37FN6O3. The second-order valence-corrected chi connectivity index (χ2v) is 11.4. The number of nitrogens with zero attached hydrogens (tertiary/aromatic N) is 4. The van der Waals surface area contributed by atoms with E-state index in [4.69, 9.17) is 15.5 Å². The summed E-state index contributed by atoms with van der Waals surface area (Å²) in [5, 5.41) is 0. The van der Waals surface area contributed by atoms with Crippen LogP contribution in [0.2, 0.25) is 0 Å². The third kappa shape index (κ3) is 5.98. The molecule has 2 aromatic heterocycles. The van der Waals surface area contributed by atoms with Gasteiger partial charge in [0.2, 0.25) is 5.91 Å². The summed E-state index contributed by atoms with van der Waals surface area (Å²) in [5.74, 6) is 0.781. The maximum absolute atomic E-state index is 14.5. The molecule has 43 heavy (non-hydrogen) atoms. The lowest BCUT2D eigenvalue weighted by molar-refractivity contribution is -0.132. The molecule has 0 spiro atoms. The highest BCUT2D eigenvalue weighted by molar-refractivity contribution is 5.79. The minimum Gasteiger partial charge on any atom is -0.385 e. The smallest absolute Gasteiger partial charge is 0.331 e. The van der Waals surface area contributed by atoms with Crippen LogP contribution < -0.4 is 11.4 Å². The van der Waals surface area contributed by atoms with E-state index >= 15 is 0 Å². The highest BCUT2D eigenvalue weighted by atomic mass is 19.1. The van der Waals surface area contributed by atoms with Gasteiger partial charge in [0.1, 0.15) is 17.2 Å². The summed E-state index contributed by atoms with van der Waals surface area (Å²) in [5.41, 5.74) is 10.3. The number of aryl methyl sites for hydroxylation is 1. The Morgan fingerprint density at radius 3 is 2.77 bits per heavy atom. The molecule has 224 valence electrons. The molecule has 1 saturated heterocycles. The zero-order valence-corrected chi connectivity index (χ0v) is 24.3. The molecule has 1 aliphatic rings. The van der Waals surface area contributed by atoms with Crippen molar-refractivity contribution in [2.24, 2.45) is 5.73 Å². The number of hydrogen-bond donors (Lipinski definition) is 2. The van der Waals surface area contributed by atoms with Gasteiger partial charge in [-0.1, -0.05) is 30.3 Å². The first-order valence-electron chi connectivity index (χ1n) is 14.9. The minimum absolute atomic E-state index is 0.0525. The number of nitrogens with two attached hydrogens (primary N) is 1. The number of methoxy groups -OCH3 is 1. The van der Waals surface area contributed by atoms with E-state index in [1.165, 1.54) is 10.6 Å². The number of nitrogens with one attached hydrogen (secondary N) is 1. The Kier molecular flexibility index (Phi) is 8.40. The number of para-hydroxylation sites is 3. The van der Waals surface area contributed by atoms with Crippen LogP contribution in [0.15, 0.2) is 71.5 Å². The van der Waals surface area contributed by atoms with Crippen molar-refractivity contribution >= 4 is 28.0 Å². The number of carbonyl (C=O) groups is 1. The van der Waals surface area contributed by atoms with E-state index in [0.717, 1.165) is 54.8 Å². The number of aromatic amines is 1. The molecule has 3 heterocycles. The summed E-state index contributed by atoms with van der Waals surface area (Å²) in [6.07, 6.45) is 3.55. The van der Waals surface area contributed by atoms with Gasteiger partial charge in [-0.3, -0.25) is 9.36 Å². The first-order chi connectivity index (χ1) is 20.9. The Labute approximate surface area is 249 Å². The van der Waals surface area contributed by atoms with E-state index in [1.54, 1.807) is 31.4 Å². The number of amides is 1. The van der Waals surface area contributed by atoms with Crippen molar-refractivity contribution in [3.05, 3.63) is 94.4 Å². The van der Waals surface area contributed by atoms with Crippen molar-refractivity contribution < 1.29 is 13.9 Å². The molecule has 3 aromatic carbocycles. The van der Waals surface area contributed by atoms with Crippen LogP contribution in [-0.2, 0) is 22.5 Å². The number of hydrogen-bond acceptors (Lipinski definition) is 5. The second kappa shape index (κ2) is 12.5. The first kappa shape index (κ1) is 28.8. The molecule has 1 aliphatic heterocycles. The second-order valence-electron chi connectivity index (χ2n) is 11.4. The summed E-state index contributed by atoms with van der Waals surface area (Å²) in [6.45, 7) is 2.85. The van der Waals surface area contributed by atoms with E-state index in [1.807, 2.05) is 35.2 Å². The molecule has 0 saturated carbocycles. The van der Waals surface area contributed by atoms with E-state index in [0.29, 0.717) is 30.8 Å². The standard InChI is InChI=1S/C33H37FN6O3/c1-43-18-6-17-39-29-11-3-2-9-27(29)36-32(39)23-7-5-16-38(21-23)30(41)20-24(35)19-22-12-14-25(15-13-22)40-31-26(34)8-4-10-28(31)37-33(40)42/h2-4,8-15,23-24H,5-7,16-21,35H2,1H3,(H,37,42)/t23-,24-/m1/s1. The monoisotopic (exact) mass is 584 g/mol. The minimum atomic E-state index is -0.469. The number of carbonyl (C=O) groups excluding carboxylic acids is 1. The van der Waals surface area contributed by atoms with Crippen LogP contribution in [0.1, 0.15) is 43.0 Å². The van der Waals surface area contributed by atoms with Gasteiger partial charge in [0.25, 0.3) is 0 Å². The molecular weight excluding hydrogens is 547 g/mol. The van der Waals surface area contributed by atoms with Gasteiger partial charge >= 0.3 is 5.69 Å². The molecule has 10 heteroatoms. The number of benzene rings is 3. The Morgan fingerprint density at radius 2 is 1.95 bits per heavy atom. The molecule has 1 amide bonds. The molecule has 0 radical (unpaired) electrons. The molecule has 1 fully saturated rings. The molecule has 0 bridgehead atoms. The van der Waals surface area contributed by atoms with Crippen LogP contribution in [0.5, 0.6) is 0 Å². The van der Waals surface area contributed by atoms with Crippen LogP contribution in [-0.4, -0.2) is 62.8 Å². The summed E-state index contributed by atoms with van der Waals surface area (Å²) in [6, 6.07) is 19.7. The number of piperidine rings is 1. The van der Waals surface area contributed by atoms with Crippen molar-refractivity contribution in [3.8, 4) is 5.69 Å². The lowest BCUT2D eigenvalue weighted by atomic mass is 9.96. The van der Waals surface area contributed by atoms with Crippen molar-refractivity contribution in [2.75, 3.05) is 26.8 Å². The Bertz CT molecular complexity index is 1790. The lowest BCUT2D eigenvalue weighted by Gasteiger charge is -2.33. The molecule has 9 nitrogen and oxygen atoms in total. The Morgan fingerprint density at radius 1 is 1.14 bits per heavy atom. The van der Waals surface area contributed by atoms with Gasteiger partial charge < -0.3 is 24.9 Å². The Balaban J connectivity index is 1.11. The lowest BCUT2D eigenvalue weighted by Crippen LogP contribution is -2.42. The number of ether oxygens (including phenoxy) is 1. The van der Waals surface area contributed by atoms with Crippen molar-refractivity contribution in [3.63, 3.8) is 0 Å². The summed E-state index contributed by atoms with van der Waals surface area (Å²) < 4.78 is 23.4. The fourth-order valence-electron chi connectivity index (χ4n) is 6.29. The first-order valence-corrected chi connectivity index (χ1v) is 14.9. The Hall–Kier alpha value is -4.28. The van der Waals surface area contributed by atoms with Crippen molar-refractivity contribution in [2.45, 2.75) is 50.6 Å². The van der Waals surface area contributed by atoms with Crippen LogP contribution in [0.3, 0.4) is 0 Å². The molecule has 0 unspecified atom stereocenters. The van der Waals surface area contributed by atoms with Gasteiger partial charge in [0.15, 0.2) is 0 Å². The fourth-order valence-corrected chi connectivity index (χ4v) is 6.29. The number of rotatable bonds is 10. The predicted octanol–water partition coefficient (Wildman–Crippen LogP) is 4.51. The number of halogens is 1. The maximum Gasteiger partial charge on any atom is 0.331 e. The van der Waals surface area contributed by atoms with E-state index < -0.39 is 11.5 Å². The topological polar surface area (TPSA) is 111 Å². The summed E-state index contributed by atoms with van der Waals surface area (Å²) >= 11 is 0. The van der Waals surface area contributed by atoms with Crippen LogP contribution in [0.4, 0.5) is 4.39 Å². The fraction of sp³-hybridized carbons (Fsp3) is 0.364. The third-order valence-electron chi connectivity index (χ3n) is 8.34. The molecule has 5 aromatic rings. The SMILES string of the molecule is COCCCn1c([C@@H]2CCCN(C(=O)C[C@H](N)Cc3ccc(-n4c(=O)[nH]c5cccc(F)c54)cc3)C2)nc2ccccc21. The van der Waals surface area contributed by atoms with E-state index in [2.05, 4.69) is 15.6 Å². The molecule has 3 N–H and O–H groups in total. The highest BCUT2D eigenvalue weighted by Crippen LogP contribution is 2.30. The summed E-state index contributed by atoms with van der Waals surface area (Å²) in [4.78, 5) is 35.5. The average molecular weight is 585 g/mol. The zero-order chi connectivity index (χ0) is 29.9. The normalized spacial score (nSPS) is 16.3. The number of fused-ring (bicyclic) bond motifs is 2. The van der Waals surface area contributed by atoms with Gasteiger partial charge in [0.05, 0.1) is 22.2 Å². The number of H-pyrrole nitrogens is 1. The number of imidazole rings is 2. The maximum atomic E-state index is 14.5.